The molecular weight excluding hydrogens is 201 g/mol. The molecule has 0 fully saturated rings. The maximum Gasteiger partial charge on any atom is 0.307 e. The fourth-order valence-electron chi connectivity index (χ4n) is 1.52. The molecule has 0 spiro atoms. The lowest BCUT2D eigenvalue weighted by molar-refractivity contribution is -0.136. The molecule has 0 saturated carbocycles. The van der Waals surface area contributed by atoms with Crippen LogP contribution in [0.1, 0.15) is 5.56 Å². The number of carboxylic acids is 1. The van der Waals surface area contributed by atoms with Crippen LogP contribution in [0.15, 0.2) is 18.3 Å². The van der Waals surface area contributed by atoms with Gasteiger partial charge in [-0.25, -0.2) is 4.39 Å². The number of benzene rings is 1. The summed E-state index contributed by atoms with van der Waals surface area (Å²) in [5, 5.41) is 18.2. The third-order valence-electron chi connectivity index (χ3n) is 2.20. The van der Waals surface area contributed by atoms with Gasteiger partial charge in [-0.1, -0.05) is 0 Å². The Morgan fingerprint density at radius 2 is 2.20 bits per heavy atom. The van der Waals surface area contributed by atoms with Crippen molar-refractivity contribution in [3.63, 3.8) is 0 Å². The first kappa shape index (κ1) is 9.51. The van der Waals surface area contributed by atoms with Crippen LogP contribution < -0.4 is 0 Å². The van der Waals surface area contributed by atoms with Crippen molar-refractivity contribution in [2.75, 3.05) is 0 Å². The molecule has 0 unspecified atom stereocenters. The Balaban J connectivity index is 2.61. The zero-order chi connectivity index (χ0) is 11.0. The van der Waals surface area contributed by atoms with Crippen LogP contribution in [-0.2, 0) is 11.2 Å². The third-order valence-corrected chi connectivity index (χ3v) is 2.20. The van der Waals surface area contributed by atoms with Gasteiger partial charge in [0.2, 0.25) is 0 Å². The van der Waals surface area contributed by atoms with Crippen LogP contribution in [0.4, 0.5) is 4.39 Å². The van der Waals surface area contributed by atoms with Crippen molar-refractivity contribution in [2.24, 2.45) is 0 Å². The van der Waals surface area contributed by atoms with Crippen molar-refractivity contribution >= 4 is 16.9 Å². The van der Waals surface area contributed by atoms with Gasteiger partial charge < -0.3 is 15.2 Å². The summed E-state index contributed by atoms with van der Waals surface area (Å²) in [4.78, 5) is 13.1. The molecule has 0 bridgehead atoms. The molecule has 2 rings (SSSR count). The van der Waals surface area contributed by atoms with E-state index in [4.69, 9.17) is 10.2 Å². The number of halogens is 1. The van der Waals surface area contributed by atoms with E-state index in [0.717, 1.165) is 0 Å². The van der Waals surface area contributed by atoms with Crippen LogP contribution >= 0.6 is 0 Å². The Kier molecular flexibility index (Phi) is 2.07. The average Bonchev–Trinajstić information content (AvgIpc) is 2.55. The second-order valence-corrected chi connectivity index (χ2v) is 3.21. The maximum absolute atomic E-state index is 13.3. The number of carboxylic acid groups (broad SMARTS) is 1. The van der Waals surface area contributed by atoms with Gasteiger partial charge in [0.05, 0.1) is 11.9 Å². The second-order valence-electron chi connectivity index (χ2n) is 3.21. The normalized spacial score (nSPS) is 10.7. The lowest BCUT2D eigenvalue weighted by Crippen LogP contribution is -1.98. The average molecular weight is 209 g/mol. The van der Waals surface area contributed by atoms with E-state index in [1.54, 1.807) is 0 Å². The standard InChI is InChI=1S/C10H8FNO3/c11-9-7(13)2-1-6-5(3-8(14)15)4-12-10(6)9/h1-2,4,12-13H,3H2,(H,14,15). The van der Waals surface area contributed by atoms with Gasteiger partial charge in [0.25, 0.3) is 0 Å². The number of hydrogen-bond acceptors (Lipinski definition) is 2. The van der Waals surface area contributed by atoms with Crippen LogP contribution in [0, 0.1) is 5.82 Å². The van der Waals surface area contributed by atoms with Gasteiger partial charge in [-0.05, 0) is 17.7 Å². The van der Waals surface area contributed by atoms with E-state index < -0.39 is 17.5 Å². The molecule has 0 aliphatic heterocycles. The van der Waals surface area contributed by atoms with Crippen molar-refractivity contribution in [2.45, 2.75) is 6.42 Å². The van der Waals surface area contributed by atoms with Crippen LogP contribution in [0.5, 0.6) is 5.75 Å². The first-order chi connectivity index (χ1) is 7.09. The molecule has 0 amide bonds. The molecule has 1 aromatic heterocycles. The lowest BCUT2D eigenvalue weighted by Gasteiger charge is -1.97. The van der Waals surface area contributed by atoms with E-state index in [9.17, 15) is 9.18 Å². The largest absolute Gasteiger partial charge is 0.505 e. The van der Waals surface area contributed by atoms with Crippen molar-refractivity contribution in [1.29, 1.82) is 0 Å². The van der Waals surface area contributed by atoms with Crippen molar-refractivity contribution in [3.05, 3.63) is 29.7 Å². The predicted octanol–water partition coefficient (Wildman–Crippen LogP) is 1.64. The molecule has 0 aliphatic carbocycles. The molecule has 0 atom stereocenters. The number of phenols is 1. The van der Waals surface area contributed by atoms with Crippen LogP contribution in [0.3, 0.4) is 0 Å². The van der Waals surface area contributed by atoms with Gasteiger partial charge in [0.1, 0.15) is 0 Å². The molecule has 0 saturated heterocycles. The fourth-order valence-corrected chi connectivity index (χ4v) is 1.52. The van der Waals surface area contributed by atoms with Crippen molar-refractivity contribution in [1.82, 2.24) is 4.98 Å². The number of H-pyrrole nitrogens is 1. The Labute approximate surface area is 84.0 Å². The summed E-state index contributed by atoms with van der Waals surface area (Å²) in [6.45, 7) is 0. The van der Waals surface area contributed by atoms with Gasteiger partial charge in [0.15, 0.2) is 11.6 Å². The number of aliphatic carboxylic acids is 1. The zero-order valence-corrected chi connectivity index (χ0v) is 7.62. The van der Waals surface area contributed by atoms with E-state index in [-0.39, 0.29) is 11.9 Å². The van der Waals surface area contributed by atoms with Crippen molar-refractivity contribution in [3.8, 4) is 5.75 Å². The topological polar surface area (TPSA) is 73.3 Å². The first-order valence-corrected chi connectivity index (χ1v) is 4.29. The summed E-state index contributed by atoms with van der Waals surface area (Å²) >= 11 is 0. The highest BCUT2D eigenvalue weighted by atomic mass is 19.1. The zero-order valence-electron chi connectivity index (χ0n) is 7.62. The van der Waals surface area contributed by atoms with Crippen LogP contribution in [0.2, 0.25) is 0 Å². The van der Waals surface area contributed by atoms with Crippen LogP contribution in [-0.4, -0.2) is 21.2 Å². The van der Waals surface area contributed by atoms with E-state index in [1.165, 1.54) is 18.3 Å². The van der Waals surface area contributed by atoms with Gasteiger partial charge >= 0.3 is 5.97 Å². The Bertz CT molecular complexity index is 533. The molecule has 15 heavy (non-hydrogen) atoms. The number of aromatic nitrogens is 1. The number of hydrogen-bond donors (Lipinski definition) is 3. The molecule has 1 aromatic carbocycles. The number of fused-ring (bicyclic) bond motifs is 1. The van der Waals surface area contributed by atoms with Gasteiger partial charge in [-0.3, -0.25) is 4.79 Å². The van der Waals surface area contributed by atoms with Gasteiger partial charge in [0, 0.05) is 11.6 Å². The summed E-state index contributed by atoms with van der Waals surface area (Å²) in [5.41, 5.74) is 0.627. The Morgan fingerprint density at radius 1 is 1.47 bits per heavy atom. The highest BCUT2D eigenvalue weighted by molar-refractivity contribution is 5.88. The Hall–Kier alpha value is -2.04. The molecule has 4 nitrogen and oxygen atoms in total. The SMILES string of the molecule is O=C(O)Cc1c[nH]c2c(F)c(O)ccc12. The van der Waals surface area contributed by atoms with Crippen LogP contribution in [0.25, 0.3) is 10.9 Å². The number of phenolic OH excluding ortho intramolecular Hbond substituents is 1. The number of carbonyl (C=O) groups is 1. The number of aromatic hydroxyl groups is 1. The molecule has 2 aromatic rings. The van der Waals surface area contributed by atoms with E-state index in [2.05, 4.69) is 4.98 Å². The van der Waals surface area contributed by atoms with Crippen molar-refractivity contribution < 1.29 is 19.4 Å². The number of aromatic amines is 1. The summed E-state index contributed by atoms with van der Waals surface area (Å²) < 4.78 is 13.3. The molecular formula is C10H8FNO3. The number of nitrogens with one attached hydrogen (secondary N) is 1. The smallest absolute Gasteiger partial charge is 0.307 e. The minimum atomic E-state index is -0.982. The second kappa shape index (κ2) is 3.27. The summed E-state index contributed by atoms with van der Waals surface area (Å²) in [6, 6.07) is 2.69. The highest BCUT2D eigenvalue weighted by Crippen LogP contribution is 2.27. The monoisotopic (exact) mass is 209 g/mol. The predicted molar refractivity (Wildman–Crippen MR) is 51.3 cm³/mol. The highest BCUT2D eigenvalue weighted by Gasteiger charge is 2.12. The molecule has 0 radical (unpaired) electrons. The molecule has 78 valence electrons. The summed E-state index contributed by atoms with van der Waals surface area (Å²) in [6.07, 6.45) is 1.26. The summed E-state index contributed by atoms with van der Waals surface area (Å²) in [7, 11) is 0. The lowest BCUT2D eigenvalue weighted by atomic mass is 10.1. The molecule has 5 heteroatoms. The number of rotatable bonds is 2. The third kappa shape index (κ3) is 1.52. The molecule has 1 heterocycles. The fraction of sp³-hybridized carbons (Fsp3) is 0.100. The van der Waals surface area contributed by atoms with E-state index >= 15 is 0 Å². The van der Waals surface area contributed by atoms with Gasteiger partial charge in [-0.2, -0.15) is 0 Å². The minimum absolute atomic E-state index is 0.131. The minimum Gasteiger partial charge on any atom is -0.505 e. The van der Waals surface area contributed by atoms with E-state index in [0.29, 0.717) is 10.9 Å². The maximum atomic E-state index is 13.3. The van der Waals surface area contributed by atoms with Gasteiger partial charge in [-0.15, -0.1) is 0 Å². The molecule has 0 aliphatic rings. The van der Waals surface area contributed by atoms with E-state index in [1.807, 2.05) is 0 Å². The first-order valence-electron chi connectivity index (χ1n) is 4.29. The molecule has 3 N–H and O–H groups in total. The quantitative estimate of drug-likeness (QED) is 0.703. The Morgan fingerprint density at radius 3 is 2.87 bits per heavy atom. The summed E-state index contributed by atoms with van der Waals surface area (Å²) in [5.74, 6) is -2.19.